The van der Waals surface area contributed by atoms with Gasteiger partial charge in [0.2, 0.25) is 0 Å². The summed E-state index contributed by atoms with van der Waals surface area (Å²) in [6.45, 7) is 30.7. The summed E-state index contributed by atoms with van der Waals surface area (Å²) in [4.78, 5) is 14.4. The summed E-state index contributed by atoms with van der Waals surface area (Å²) in [7, 11) is 0. The number of hydrogen-bond acceptors (Lipinski definition) is 5. The Bertz CT molecular complexity index is 1380. The van der Waals surface area contributed by atoms with Gasteiger partial charge in [-0.1, -0.05) is 334 Å². The highest BCUT2D eigenvalue weighted by Gasteiger charge is 2.19. The van der Waals surface area contributed by atoms with E-state index in [2.05, 4.69) is 108 Å². The van der Waals surface area contributed by atoms with Crippen molar-refractivity contribution in [3.63, 3.8) is 0 Å². The minimum atomic E-state index is 1.11. The zero-order chi connectivity index (χ0) is 64.5. The summed E-state index contributed by atoms with van der Waals surface area (Å²) in [6.07, 6.45) is 98.8. The Hall–Kier alpha value is -1.24. The van der Waals surface area contributed by atoms with Gasteiger partial charge in [-0.2, -0.15) is 0 Å². The van der Waals surface area contributed by atoms with Crippen LogP contribution in [-0.2, 0) is 0 Å². The summed E-state index contributed by atoms with van der Waals surface area (Å²) >= 11 is 0. The molecule has 1 rings (SSSR count). The molecule has 0 aromatic rings. The SMILES string of the molecule is CCCCC/C=C\C/C=C/CCCCCCCN(CCN(CCCCCCCC/C=C\CCCCCCC)CCCCCCCC/C=C\CCCCCCC)CCN1CCN(CCN(CCCCCCCCCCCC)CCCCCCCCCCCC)CC1. The van der Waals surface area contributed by atoms with E-state index < -0.39 is 0 Å². The predicted molar refractivity (Wildman–Crippen MR) is 410 cm³/mol. The zero-order valence-corrected chi connectivity index (χ0v) is 62.8. The molecule has 1 fully saturated rings. The Kier molecular flexibility index (Phi) is 72.4. The highest BCUT2D eigenvalue weighted by Crippen LogP contribution is 2.17. The highest BCUT2D eigenvalue weighted by atomic mass is 15.3. The number of nitrogens with zero attached hydrogens (tertiary/aromatic N) is 5. The molecule has 0 bridgehead atoms. The van der Waals surface area contributed by atoms with E-state index in [0.29, 0.717) is 0 Å². The third-order valence-electron chi connectivity index (χ3n) is 20.2. The molecule has 0 N–H and O–H groups in total. The zero-order valence-electron chi connectivity index (χ0n) is 62.8. The molecule has 0 aliphatic carbocycles. The van der Waals surface area contributed by atoms with Gasteiger partial charge in [-0.25, -0.2) is 0 Å². The van der Waals surface area contributed by atoms with Gasteiger partial charge in [-0.05, 0) is 148 Å². The maximum absolute atomic E-state index is 2.93. The van der Waals surface area contributed by atoms with Gasteiger partial charge in [0, 0.05) is 65.4 Å². The topological polar surface area (TPSA) is 16.2 Å². The fourth-order valence-electron chi connectivity index (χ4n) is 13.7. The first-order chi connectivity index (χ1) is 44.7. The summed E-state index contributed by atoms with van der Waals surface area (Å²) < 4.78 is 0. The van der Waals surface area contributed by atoms with E-state index in [0.717, 1.165) is 6.42 Å². The standard InChI is InChI=1S/C85H167N5/c1-6-11-16-21-26-31-36-39-42-45-48-53-58-63-66-71-86(72-67-64-59-54-49-46-43-40-37-32-27-22-17-12-7-2)76-78-88(75-70-65-60-55-50-47-44-41-38-33-28-23-18-13-8-3)79-81-90-84-82-89(83-85-90)80-77-87(73-68-61-56-51-34-29-24-19-14-9-4)74-69-62-57-52-35-30-25-20-15-10-5/h28,33,36-37,39-41,44H,6-27,29-32,34-35,38,42-43,45-85H2,1-5H3/b33-28-,39-36-,40-37-,44-41+. The smallest absolute Gasteiger partial charge is 0.0110 e. The molecule has 0 radical (unpaired) electrons. The molecule has 5 heteroatoms. The van der Waals surface area contributed by atoms with Crippen molar-refractivity contribution in [3.05, 3.63) is 48.6 Å². The molecule has 0 aromatic heterocycles. The molecule has 5 nitrogen and oxygen atoms in total. The molecule has 1 heterocycles. The molecule has 1 aliphatic rings. The highest BCUT2D eigenvalue weighted by molar-refractivity contribution is 4.93. The van der Waals surface area contributed by atoms with Gasteiger partial charge in [0.25, 0.3) is 0 Å². The van der Waals surface area contributed by atoms with Crippen molar-refractivity contribution in [2.24, 2.45) is 0 Å². The average Bonchev–Trinajstić information content (AvgIpc) is 3.55. The first kappa shape index (κ1) is 86.8. The number of hydrogen-bond donors (Lipinski definition) is 0. The van der Waals surface area contributed by atoms with Crippen LogP contribution in [0.25, 0.3) is 0 Å². The third-order valence-corrected chi connectivity index (χ3v) is 20.2. The van der Waals surface area contributed by atoms with E-state index in [-0.39, 0.29) is 0 Å². The Balaban J connectivity index is 2.83. The van der Waals surface area contributed by atoms with E-state index >= 15 is 0 Å². The van der Waals surface area contributed by atoms with Crippen molar-refractivity contribution >= 4 is 0 Å². The Labute approximate surface area is 568 Å². The van der Waals surface area contributed by atoms with Gasteiger partial charge < -0.3 is 14.7 Å². The van der Waals surface area contributed by atoms with E-state index in [1.807, 2.05) is 0 Å². The quantitative estimate of drug-likeness (QED) is 0.0444. The van der Waals surface area contributed by atoms with Gasteiger partial charge in [0.15, 0.2) is 0 Å². The summed E-state index contributed by atoms with van der Waals surface area (Å²) in [5, 5.41) is 0. The molecule has 532 valence electrons. The molecule has 0 unspecified atom stereocenters. The monoisotopic (exact) mass is 1260 g/mol. The molecule has 1 saturated heterocycles. The number of unbranched alkanes of at least 4 members (excludes halogenated alkanes) is 48. The van der Waals surface area contributed by atoms with Crippen molar-refractivity contribution in [2.45, 2.75) is 401 Å². The van der Waals surface area contributed by atoms with Crippen molar-refractivity contribution in [2.75, 3.05) is 98.2 Å². The molecule has 0 aromatic carbocycles. The summed E-state index contributed by atoms with van der Waals surface area (Å²) in [5.74, 6) is 0. The van der Waals surface area contributed by atoms with Gasteiger partial charge >= 0.3 is 0 Å². The van der Waals surface area contributed by atoms with Crippen LogP contribution in [0.15, 0.2) is 48.6 Å². The minimum Gasteiger partial charge on any atom is -0.302 e. The minimum absolute atomic E-state index is 1.11. The van der Waals surface area contributed by atoms with Crippen molar-refractivity contribution < 1.29 is 0 Å². The number of allylic oxidation sites excluding steroid dienone is 8. The van der Waals surface area contributed by atoms with Crippen LogP contribution >= 0.6 is 0 Å². The molecule has 0 amide bonds. The van der Waals surface area contributed by atoms with Gasteiger partial charge in [-0.15, -0.1) is 0 Å². The van der Waals surface area contributed by atoms with Crippen LogP contribution in [0, 0.1) is 0 Å². The van der Waals surface area contributed by atoms with E-state index in [9.17, 15) is 0 Å². The summed E-state index contributed by atoms with van der Waals surface area (Å²) in [6, 6.07) is 0. The van der Waals surface area contributed by atoms with Crippen LogP contribution < -0.4 is 0 Å². The van der Waals surface area contributed by atoms with Crippen LogP contribution in [-0.4, -0.2) is 123 Å². The molecular formula is C85H167N5. The van der Waals surface area contributed by atoms with Crippen LogP contribution in [0.2, 0.25) is 0 Å². The predicted octanol–water partition coefficient (Wildman–Crippen LogP) is 26.1. The fraction of sp³-hybridized carbons (Fsp3) is 0.906. The van der Waals surface area contributed by atoms with Crippen molar-refractivity contribution in [1.29, 1.82) is 0 Å². The fourth-order valence-corrected chi connectivity index (χ4v) is 13.7. The second-order valence-electron chi connectivity index (χ2n) is 29.0. The van der Waals surface area contributed by atoms with Crippen molar-refractivity contribution in [1.82, 2.24) is 24.5 Å². The molecule has 0 atom stereocenters. The first-order valence-electron chi connectivity index (χ1n) is 41.9. The number of rotatable bonds is 75. The lowest BCUT2D eigenvalue weighted by Crippen LogP contribution is -2.50. The maximum atomic E-state index is 2.93. The summed E-state index contributed by atoms with van der Waals surface area (Å²) in [5.41, 5.74) is 0. The lowest BCUT2D eigenvalue weighted by Gasteiger charge is -2.37. The number of piperazine rings is 1. The molecule has 0 saturated carbocycles. The largest absolute Gasteiger partial charge is 0.302 e. The average molecular weight is 1260 g/mol. The van der Waals surface area contributed by atoms with E-state index in [1.54, 1.807) is 0 Å². The Morgan fingerprint density at radius 3 is 0.622 bits per heavy atom. The second kappa shape index (κ2) is 75.1. The molecular weight excluding hydrogens is 1090 g/mol. The second-order valence-corrected chi connectivity index (χ2v) is 29.0. The first-order valence-corrected chi connectivity index (χ1v) is 41.9. The van der Waals surface area contributed by atoms with Gasteiger partial charge in [-0.3, -0.25) is 9.80 Å². The molecule has 0 spiro atoms. The maximum Gasteiger partial charge on any atom is 0.0110 e. The van der Waals surface area contributed by atoms with Crippen LogP contribution in [0.4, 0.5) is 0 Å². The lowest BCUT2D eigenvalue weighted by atomic mass is 10.1. The van der Waals surface area contributed by atoms with Crippen LogP contribution in [0.3, 0.4) is 0 Å². The van der Waals surface area contributed by atoms with E-state index in [1.165, 1.54) is 458 Å². The lowest BCUT2D eigenvalue weighted by molar-refractivity contribution is 0.104. The van der Waals surface area contributed by atoms with E-state index in [4.69, 9.17) is 0 Å². The van der Waals surface area contributed by atoms with Crippen LogP contribution in [0.1, 0.15) is 401 Å². The van der Waals surface area contributed by atoms with Gasteiger partial charge in [0.05, 0.1) is 0 Å². The third kappa shape index (κ3) is 65.4. The molecule has 1 aliphatic heterocycles. The molecule has 90 heavy (non-hydrogen) atoms. The van der Waals surface area contributed by atoms with Crippen molar-refractivity contribution in [3.8, 4) is 0 Å². The van der Waals surface area contributed by atoms with Gasteiger partial charge in [0.1, 0.15) is 0 Å². The Morgan fingerprint density at radius 1 is 0.189 bits per heavy atom. The van der Waals surface area contributed by atoms with Crippen LogP contribution in [0.5, 0.6) is 0 Å². The Morgan fingerprint density at radius 2 is 0.367 bits per heavy atom. The normalized spacial score (nSPS) is 13.8.